The zero-order chi connectivity index (χ0) is 19.0. The lowest BCUT2D eigenvalue weighted by molar-refractivity contribution is -0.137. The molecule has 2 N–H and O–H groups in total. The Hall–Kier alpha value is -3.49. The maximum Gasteiger partial charge on any atom is 0.416 e. The van der Waals surface area contributed by atoms with Gasteiger partial charge in [0.25, 0.3) is 5.91 Å². The number of nitrogens with zero attached hydrogens (tertiary/aromatic N) is 1. The highest BCUT2D eigenvalue weighted by Crippen LogP contribution is 2.44. The van der Waals surface area contributed by atoms with Crippen LogP contribution in [0.5, 0.6) is 11.5 Å². The second-order valence-electron chi connectivity index (χ2n) is 5.82. The van der Waals surface area contributed by atoms with Gasteiger partial charge in [0, 0.05) is 6.54 Å². The van der Waals surface area contributed by atoms with Gasteiger partial charge in [-0.3, -0.25) is 4.79 Å². The molecule has 0 atom stereocenters. The Kier molecular flexibility index (Phi) is 3.98. The van der Waals surface area contributed by atoms with Gasteiger partial charge in [0.15, 0.2) is 23.6 Å². The highest BCUT2D eigenvalue weighted by molar-refractivity contribution is 5.91. The number of anilines is 2. The van der Waals surface area contributed by atoms with E-state index in [0.29, 0.717) is 22.7 Å². The van der Waals surface area contributed by atoms with Crippen molar-refractivity contribution in [1.82, 2.24) is 10.3 Å². The Labute approximate surface area is 151 Å². The monoisotopic (exact) mass is 375 g/mol. The Morgan fingerprint density at radius 1 is 1.11 bits per heavy atom. The predicted molar refractivity (Wildman–Crippen MR) is 88.9 cm³/mol. The fourth-order valence-corrected chi connectivity index (χ4v) is 2.61. The fraction of sp³-hybridized carbons (Fsp3) is 0.111. The first-order valence-electron chi connectivity index (χ1n) is 7.85. The molecule has 1 amide bonds. The minimum Gasteiger partial charge on any atom is -0.453 e. The van der Waals surface area contributed by atoms with E-state index in [1.807, 2.05) is 0 Å². The van der Waals surface area contributed by atoms with Gasteiger partial charge in [0.1, 0.15) is 6.26 Å². The molecular formula is C18H12F3N3O3. The number of halogens is 3. The number of alkyl halides is 3. The Morgan fingerprint density at radius 3 is 2.56 bits per heavy atom. The lowest BCUT2D eigenvalue weighted by atomic mass is 10.1. The number of carbonyl (C=O) groups is 1. The number of hydrogen-bond donors (Lipinski definition) is 2. The molecule has 2 heterocycles. The van der Waals surface area contributed by atoms with Gasteiger partial charge in [0.05, 0.1) is 16.9 Å². The average Bonchev–Trinajstić information content (AvgIpc) is 3.18. The number of rotatable bonds is 3. The largest absolute Gasteiger partial charge is 0.453 e. The van der Waals surface area contributed by atoms with Crippen LogP contribution in [0.1, 0.15) is 21.6 Å². The van der Waals surface area contributed by atoms with Gasteiger partial charge in [-0.2, -0.15) is 13.2 Å². The van der Waals surface area contributed by atoms with Crippen LogP contribution in [0.2, 0.25) is 0 Å². The molecule has 1 aliphatic heterocycles. The molecule has 0 spiro atoms. The topological polar surface area (TPSA) is 76.4 Å². The van der Waals surface area contributed by atoms with Crippen LogP contribution in [0, 0.1) is 0 Å². The molecule has 0 unspecified atom stereocenters. The predicted octanol–water partition coefficient (Wildman–Crippen LogP) is 4.47. The highest BCUT2D eigenvalue weighted by Gasteiger charge is 2.32. The van der Waals surface area contributed by atoms with Gasteiger partial charge >= 0.3 is 6.18 Å². The summed E-state index contributed by atoms with van der Waals surface area (Å²) >= 11 is 0. The maximum atomic E-state index is 12.9. The van der Waals surface area contributed by atoms with E-state index in [-0.39, 0.29) is 18.0 Å². The zero-order valence-electron chi connectivity index (χ0n) is 13.6. The quantitative estimate of drug-likeness (QED) is 0.552. The Balaban J connectivity index is 1.51. The molecule has 2 aromatic carbocycles. The molecule has 0 saturated carbocycles. The molecule has 0 aliphatic carbocycles. The lowest BCUT2D eigenvalue weighted by Crippen LogP contribution is -2.23. The number of amides is 1. The van der Waals surface area contributed by atoms with Crippen LogP contribution < -0.4 is 15.4 Å². The molecule has 1 aliphatic rings. The maximum absolute atomic E-state index is 12.9. The summed E-state index contributed by atoms with van der Waals surface area (Å²) in [4.78, 5) is 15.6. The Morgan fingerprint density at radius 2 is 1.85 bits per heavy atom. The summed E-state index contributed by atoms with van der Waals surface area (Å²) in [6.45, 7) is 0.192. The second kappa shape index (κ2) is 6.35. The van der Waals surface area contributed by atoms with Gasteiger partial charge in [-0.15, -0.1) is 0 Å². The van der Waals surface area contributed by atoms with Crippen molar-refractivity contribution in [3.8, 4) is 11.5 Å². The van der Waals surface area contributed by atoms with Crippen molar-refractivity contribution >= 4 is 17.3 Å². The summed E-state index contributed by atoms with van der Waals surface area (Å²) in [5, 5.41) is 5.70. The standard InChI is InChI=1S/C18H12F3N3O3/c19-18(20,21)11-2-4-13-16(6-11)27-15-5-10(1-3-12(15)24-13)7-22-17(25)14-8-26-9-23-14/h1-6,8-9,24H,7H2,(H,22,25). The third-order valence-corrected chi connectivity index (χ3v) is 3.96. The molecule has 3 aromatic rings. The number of hydrogen-bond acceptors (Lipinski definition) is 5. The van der Waals surface area contributed by atoms with Gasteiger partial charge in [-0.25, -0.2) is 4.98 Å². The van der Waals surface area contributed by atoms with E-state index < -0.39 is 17.6 Å². The van der Waals surface area contributed by atoms with Gasteiger partial charge < -0.3 is 19.8 Å². The molecule has 0 bridgehead atoms. The number of benzene rings is 2. The van der Waals surface area contributed by atoms with Gasteiger partial charge in [0.2, 0.25) is 0 Å². The lowest BCUT2D eigenvalue weighted by Gasteiger charge is -2.23. The van der Waals surface area contributed by atoms with E-state index in [1.54, 1.807) is 18.2 Å². The first-order chi connectivity index (χ1) is 12.9. The number of oxazole rings is 1. The third kappa shape index (κ3) is 3.43. The van der Waals surface area contributed by atoms with Crippen molar-refractivity contribution in [3.63, 3.8) is 0 Å². The normalized spacial score (nSPS) is 12.4. The number of aromatic nitrogens is 1. The van der Waals surface area contributed by atoms with Gasteiger partial charge in [-0.05, 0) is 35.9 Å². The van der Waals surface area contributed by atoms with E-state index in [1.165, 1.54) is 12.3 Å². The Bertz CT molecular complexity index is 1000. The van der Waals surface area contributed by atoms with Crippen molar-refractivity contribution in [3.05, 3.63) is 65.9 Å². The van der Waals surface area contributed by atoms with Crippen LogP contribution in [0.4, 0.5) is 24.5 Å². The number of fused-ring (bicyclic) bond motifs is 2. The van der Waals surface area contributed by atoms with Crippen molar-refractivity contribution in [2.24, 2.45) is 0 Å². The molecule has 1 aromatic heterocycles. The average molecular weight is 375 g/mol. The minimum atomic E-state index is -4.45. The second-order valence-corrected chi connectivity index (χ2v) is 5.82. The molecule has 0 saturated heterocycles. The molecule has 9 heteroatoms. The minimum absolute atomic E-state index is 0.0844. The van der Waals surface area contributed by atoms with Gasteiger partial charge in [-0.1, -0.05) is 6.07 Å². The number of nitrogens with one attached hydrogen (secondary N) is 2. The fourth-order valence-electron chi connectivity index (χ4n) is 2.61. The highest BCUT2D eigenvalue weighted by atomic mass is 19.4. The van der Waals surface area contributed by atoms with Crippen LogP contribution >= 0.6 is 0 Å². The van der Waals surface area contributed by atoms with Crippen LogP contribution in [-0.4, -0.2) is 10.9 Å². The molecule has 4 rings (SSSR count). The van der Waals surface area contributed by atoms with Crippen molar-refractivity contribution in [1.29, 1.82) is 0 Å². The summed E-state index contributed by atoms with van der Waals surface area (Å²) in [5.74, 6) is 0.0526. The molecule has 0 radical (unpaired) electrons. The number of carbonyl (C=O) groups excluding carboxylic acids is 1. The summed E-state index contributed by atoms with van der Waals surface area (Å²) in [6.07, 6.45) is -2.07. The molecule has 6 nitrogen and oxygen atoms in total. The first-order valence-corrected chi connectivity index (χ1v) is 7.85. The van der Waals surface area contributed by atoms with E-state index in [9.17, 15) is 18.0 Å². The summed E-state index contributed by atoms with van der Waals surface area (Å²) < 4.78 is 49.0. The van der Waals surface area contributed by atoms with Crippen LogP contribution in [0.15, 0.2) is 53.5 Å². The number of ether oxygens (including phenoxy) is 1. The molecule has 0 fully saturated rings. The zero-order valence-corrected chi connectivity index (χ0v) is 13.6. The molecular weight excluding hydrogens is 363 g/mol. The smallest absolute Gasteiger partial charge is 0.416 e. The van der Waals surface area contributed by atoms with E-state index >= 15 is 0 Å². The van der Waals surface area contributed by atoms with Crippen molar-refractivity contribution in [2.75, 3.05) is 5.32 Å². The summed E-state index contributed by atoms with van der Waals surface area (Å²) in [5.41, 5.74) is 1.14. The third-order valence-electron chi connectivity index (χ3n) is 3.96. The van der Waals surface area contributed by atoms with E-state index in [0.717, 1.165) is 18.5 Å². The van der Waals surface area contributed by atoms with Crippen molar-refractivity contribution in [2.45, 2.75) is 12.7 Å². The van der Waals surface area contributed by atoms with Crippen LogP contribution in [-0.2, 0) is 12.7 Å². The van der Waals surface area contributed by atoms with E-state index in [4.69, 9.17) is 9.15 Å². The summed E-state index contributed by atoms with van der Waals surface area (Å²) in [6, 6.07) is 8.42. The molecule has 138 valence electrons. The summed E-state index contributed by atoms with van der Waals surface area (Å²) in [7, 11) is 0. The van der Waals surface area contributed by atoms with Crippen molar-refractivity contribution < 1.29 is 27.1 Å². The van der Waals surface area contributed by atoms with Crippen LogP contribution in [0.3, 0.4) is 0 Å². The van der Waals surface area contributed by atoms with Crippen LogP contribution in [0.25, 0.3) is 0 Å². The SMILES string of the molecule is O=C(NCc1ccc2c(c1)Oc1cc(C(F)(F)F)ccc1N2)c1cocn1. The first kappa shape index (κ1) is 17.0. The molecule has 27 heavy (non-hydrogen) atoms. The van der Waals surface area contributed by atoms with E-state index in [2.05, 4.69) is 15.6 Å².